The van der Waals surface area contributed by atoms with Crippen molar-refractivity contribution in [2.75, 3.05) is 19.0 Å². The summed E-state index contributed by atoms with van der Waals surface area (Å²) in [7, 11) is 0. The molecule has 1 aliphatic carbocycles. The fraction of sp³-hybridized carbons (Fsp3) is 0.800. The standard InChI is InChI=1S/C10H18ClNO/c11-5-1-2-6-12-8-9-3-4-10(13)7-9/h1-2,9-10,12-13H,3-8H2/b2-1+. The Morgan fingerprint density at radius 1 is 1.38 bits per heavy atom. The van der Waals surface area contributed by atoms with Crippen molar-refractivity contribution >= 4 is 11.6 Å². The number of hydrogen-bond donors (Lipinski definition) is 2. The number of hydrogen-bond acceptors (Lipinski definition) is 2. The third-order valence-electron chi connectivity index (χ3n) is 2.46. The zero-order chi connectivity index (χ0) is 9.52. The van der Waals surface area contributed by atoms with Gasteiger partial charge < -0.3 is 10.4 Å². The van der Waals surface area contributed by atoms with Crippen LogP contribution >= 0.6 is 11.6 Å². The first kappa shape index (κ1) is 11.0. The van der Waals surface area contributed by atoms with Crippen molar-refractivity contribution in [1.29, 1.82) is 0 Å². The molecule has 13 heavy (non-hydrogen) atoms. The topological polar surface area (TPSA) is 32.3 Å². The number of nitrogens with one attached hydrogen (secondary N) is 1. The Morgan fingerprint density at radius 2 is 2.23 bits per heavy atom. The van der Waals surface area contributed by atoms with Crippen LogP contribution in [0.15, 0.2) is 12.2 Å². The predicted molar refractivity (Wildman–Crippen MR) is 56.1 cm³/mol. The molecule has 3 heteroatoms. The van der Waals surface area contributed by atoms with Gasteiger partial charge in [-0.1, -0.05) is 12.2 Å². The van der Waals surface area contributed by atoms with Crippen LogP contribution in [0.3, 0.4) is 0 Å². The average Bonchev–Trinajstić information content (AvgIpc) is 2.51. The number of halogens is 1. The molecule has 0 heterocycles. The highest BCUT2D eigenvalue weighted by molar-refractivity contribution is 6.18. The number of rotatable bonds is 5. The number of aliphatic hydroxyl groups excluding tert-OH is 1. The van der Waals surface area contributed by atoms with Crippen molar-refractivity contribution in [2.24, 2.45) is 5.92 Å². The average molecular weight is 204 g/mol. The van der Waals surface area contributed by atoms with E-state index < -0.39 is 0 Å². The second-order valence-electron chi connectivity index (χ2n) is 3.62. The highest BCUT2D eigenvalue weighted by atomic mass is 35.5. The van der Waals surface area contributed by atoms with Gasteiger partial charge in [-0.3, -0.25) is 0 Å². The lowest BCUT2D eigenvalue weighted by Crippen LogP contribution is -2.21. The molecule has 0 radical (unpaired) electrons. The van der Waals surface area contributed by atoms with Gasteiger partial charge in [0.25, 0.3) is 0 Å². The Bertz CT molecular complexity index is 161. The largest absolute Gasteiger partial charge is 0.393 e. The first-order valence-corrected chi connectivity index (χ1v) is 5.46. The van der Waals surface area contributed by atoms with Crippen LogP contribution in [0.25, 0.3) is 0 Å². The van der Waals surface area contributed by atoms with Crippen LogP contribution in [0.2, 0.25) is 0 Å². The van der Waals surface area contributed by atoms with Crippen LogP contribution in [0.1, 0.15) is 19.3 Å². The Hall–Kier alpha value is -0.0500. The number of aliphatic hydroxyl groups is 1. The lowest BCUT2D eigenvalue weighted by atomic mass is 10.1. The van der Waals surface area contributed by atoms with Crippen LogP contribution in [-0.4, -0.2) is 30.2 Å². The molecule has 2 atom stereocenters. The van der Waals surface area contributed by atoms with Crippen LogP contribution in [0.5, 0.6) is 0 Å². The zero-order valence-electron chi connectivity index (χ0n) is 7.88. The summed E-state index contributed by atoms with van der Waals surface area (Å²) in [5.41, 5.74) is 0. The highest BCUT2D eigenvalue weighted by Crippen LogP contribution is 2.24. The summed E-state index contributed by atoms with van der Waals surface area (Å²) in [5, 5.41) is 12.6. The zero-order valence-corrected chi connectivity index (χ0v) is 8.63. The van der Waals surface area contributed by atoms with Crippen molar-refractivity contribution < 1.29 is 5.11 Å². The van der Waals surface area contributed by atoms with Crippen LogP contribution < -0.4 is 5.32 Å². The lowest BCUT2D eigenvalue weighted by molar-refractivity contribution is 0.177. The van der Waals surface area contributed by atoms with Gasteiger partial charge >= 0.3 is 0 Å². The van der Waals surface area contributed by atoms with Crippen molar-refractivity contribution in [3.8, 4) is 0 Å². The molecule has 0 amide bonds. The fourth-order valence-corrected chi connectivity index (χ4v) is 1.88. The molecule has 1 rings (SSSR count). The third-order valence-corrected chi connectivity index (χ3v) is 2.64. The van der Waals surface area contributed by atoms with E-state index in [0.29, 0.717) is 11.8 Å². The quantitative estimate of drug-likeness (QED) is 0.404. The molecule has 0 bridgehead atoms. The van der Waals surface area contributed by atoms with E-state index in [1.54, 1.807) is 0 Å². The van der Waals surface area contributed by atoms with E-state index in [1.165, 1.54) is 0 Å². The Morgan fingerprint density at radius 3 is 2.85 bits per heavy atom. The van der Waals surface area contributed by atoms with Gasteiger partial charge in [-0.25, -0.2) is 0 Å². The monoisotopic (exact) mass is 203 g/mol. The third kappa shape index (κ3) is 4.65. The van der Waals surface area contributed by atoms with Gasteiger partial charge in [-0.2, -0.15) is 0 Å². The molecule has 0 saturated heterocycles. The summed E-state index contributed by atoms with van der Waals surface area (Å²) < 4.78 is 0. The molecular weight excluding hydrogens is 186 g/mol. The van der Waals surface area contributed by atoms with Gasteiger partial charge in [-0.15, -0.1) is 11.6 Å². The van der Waals surface area contributed by atoms with Gasteiger partial charge in [0.1, 0.15) is 0 Å². The van der Waals surface area contributed by atoms with E-state index in [1.807, 2.05) is 12.2 Å². The first-order valence-electron chi connectivity index (χ1n) is 4.92. The minimum atomic E-state index is -0.0508. The molecule has 1 aliphatic rings. The second-order valence-corrected chi connectivity index (χ2v) is 3.93. The van der Waals surface area contributed by atoms with E-state index in [0.717, 1.165) is 32.4 Å². The Kier molecular flexibility index (Phi) is 5.44. The smallest absolute Gasteiger partial charge is 0.0543 e. The highest BCUT2D eigenvalue weighted by Gasteiger charge is 2.21. The van der Waals surface area contributed by atoms with Gasteiger partial charge in [0.15, 0.2) is 0 Å². The van der Waals surface area contributed by atoms with Crippen LogP contribution in [0, 0.1) is 5.92 Å². The minimum absolute atomic E-state index is 0.0508. The minimum Gasteiger partial charge on any atom is -0.393 e. The molecule has 2 nitrogen and oxygen atoms in total. The van der Waals surface area contributed by atoms with Crippen LogP contribution in [0.4, 0.5) is 0 Å². The van der Waals surface area contributed by atoms with Gasteiger partial charge in [0.2, 0.25) is 0 Å². The van der Waals surface area contributed by atoms with E-state index in [-0.39, 0.29) is 6.10 Å². The molecule has 1 saturated carbocycles. The number of allylic oxidation sites excluding steroid dienone is 1. The molecule has 1 fully saturated rings. The summed E-state index contributed by atoms with van der Waals surface area (Å²) in [6, 6.07) is 0. The van der Waals surface area contributed by atoms with E-state index in [9.17, 15) is 5.11 Å². The Labute approximate surface area is 85.0 Å². The fourth-order valence-electron chi connectivity index (χ4n) is 1.75. The maximum atomic E-state index is 9.28. The van der Waals surface area contributed by atoms with Gasteiger partial charge in [0, 0.05) is 12.4 Å². The molecule has 0 aromatic carbocycles. The maximum Gasteiger partial charge on any atom is 0.0543 e. The maximum absolute atomic E-state index is 9.28. The summed E-state index contributed by atoms with van der Waals surface area (Å²) in [6.45, 7) is 1.91. The summed E-state index contributed by atoms with van der Waals surface area (Å²) in [5.74, 6) is 1.25. The van der Waals surface area contributed by atoms with Gasteiger partial charge in [0.05, 0.1) is 6.10 Å². The van der Waals surface area contributed by atoms with Crippen molar-refractivity contribution in [3.05, 3.63) is 12.2 Å². The molecule has 76 valence electrons. The summed E-state index contributed by atoms with van der Waals surface area (Å²) >= 11 is 5.48. The molecule has 0 aliphatic heterocycles. The number of alkyl halides is 1. The molecule has 2 N–H and O–H groups in total. The molecule has 0 aromatic heterocycles. The van der Waals surface area contributed by atoms with E-state index >= 15 is 0 Å². The molecule has 2 unspecified atom stereocenters. The SMILES string of the molecule is OC1CCC(CNC/C=C/CCl)C1. The van der Waals surface area contributed by atoms with E-state index in [4.69, 9.17) is 11.6 Å². The summed E-state index contributed by atoms with van der Waals surface area (Å²) in [4.78, 5) is 0. The lowest BCUT2D eigenvalue weighted by Gasteiger charge is -2.08. The van der Waals surface area contributed by atoms with Gasteiger partial charge in [-0.05, 0) is 31.7 Å². The van der Waals surface area contributed by atoms with Crippen molar-refractivity contribution in [2.45, 2.75) is 25.4 Å². The Balaban J connectivity index is 1.97. The van der Waals surface area contributed by atoms with Crippen molar-refractivity contribution in [3.63, 3.8) is 0 Å². The predicted octanol–water partition coefficient (Wildman–Crippen LogP) is 1.53. The normalized spacial score (nSPS) is 28.8. The molecule has 0 spiro atoms. The summed E-state index contributed by atoms with van der Waals surface area (Å²) in [6.07, 6.45) is 7.03. The van der Waals surface area contributed by atoms with Crippen molar-refractivity contribution in [1.82, 2.24) is 5.32 Å². The van der Waals surface area contributed by atoms with E-state index in [2.05, 4.69) is 5.32 Å². The molecule has 0 aromatic rings. The first-order chi connectivity index (χ1) is 6.33. The molecular formula is C10H18ClNO. The van der Waals surface area contributed by atoms with Crippen LogP contribution in [-0.2, 0) is 0 Å². The second kappa shape index (κ2) is 6.41.